The molecule has 1 amide bonds. The van der Waals surface area contributed by atoms with Crippen LogP contribution in [0.1, 0.15) is 21.5 Å². The van der Waals surface area contributed by atoms with E-state index in [0.717, 1.165) is 24.5 Å². The number of nitrogens with one attached hydrogen (secondary N) is 1. The second-order valence-corrected chi connectivity index (χ2v) is 9.57. The number of pyridine rings is 1. The van der Waals surface area contributed by atoms with Crippen LogP contribution in [0.3, 0.4) is 0 Å². The molecule has 4 rings (SSSR count). The Balaban J connectivity index is 1.40. The van der Waals surface area contributed by atoms with Crippen LogP contribution in [0.4, 0.5) is 11.5 Å². The van der Waals surface area contributed by atoms with Crippen LogP contribution in [-0.4, -0.2) is 50.4 Å². The summed E-state index contributed by atoms with van der Waals surface area (Å²) in [6.07, 6.45) is 1.77. The molecule has 0 aliphatic carbocycles. The second-order valence-electron chi connectivity index (χ2n) is 7.92. The molecular weight excluding hydrogens is 424 g/mol. The van der Waals surface area contributed by atoms with Gasteiger partial charge in [0.25, 0.3) is 15.9 Å². The molecule has 1 N–H and O–H groups in total. The maximum atomic E-state index is 12.9. The number of sulfonamides is 1. The lowest BCUT2D eigenvalue weighted by atomic mass is 10.1. The predicted molar refractivity (Wildman–Crippen MR) is 126 cm³/mol. The van der Waals surface area contributed by atoms with Crippen molar-refractivity contribution >= 4 is 27.4 Å². The first-order valence-electron chi connectivity index (χ1n) is 10.5. The van der Waals surface area contributed by atoms with E-state index in [4.69, 9.17) is 0 Å². The summed E-state index contributed by atoms with van der Waals surface area (Å²) in [5, 5.41) is 0. The molecule has 0 radical (unpaired) electrons. The summed E-state index contributed by atoms with van der Waals surface area (Å²) in [5.41, 5.74) is 2.51. The van der Waals surface area contributed by atoms with Crippen LogP contribution in [0, 0.1) is 13.8 Å². The van der Waals surface area contributed by atoms with Gasteiger partial charge in [-0.05, 0) is 67.4 Å². The number of carbonyl (C=O) groups is 1. The first-order chi connectivity index (χ1) is 15.3. The van der Waals surface area contributed by atoms with Crippen molar-refractivity contribution in [2.24, 2.45) is 0 Å². The highest BCUT2D eigenvalue weighted by atomic mass is 32.2. The van der Waals surface area contributed by atoms with Crippen molar-refractivity contribution in [3.63, 3.8) is 0 Å². The Hall–Kier alpha value is -3.39. The maximum Gasteiger partial charge on any atom is 0.262 e. The van der Waals surface area contributed by atoms with Crippen molar-refractivity contribution in [2.45, 2.75) is 18.7 Å². The predicted octanol–water partition coefficient (Wildman–Crippen LogP) is 3.46. The molecule has 8 heteroatoms. The van der Waals surface area contributed by atoms with Crippen LogP contribution in [0.2, 0.25) is 0 Å². The van der Waals surface area contributed by atoms with Gasteiger partial charge < -0.3 is 9.80 Å². The Morgan fingerprint density at radius 1 is 0.938 bits per heavy atom. The number of anilines is 2. The van der Waals surface area contributed by atoms with E-state index in [1.807, 2.05) is 36.1 Å². The summed E-state index contributed by atoms with van der Waals surface area (Å²) in [5.74, 6) is 0.856. The normalized spacial score (nSPS) is 14.3. The SMILES string of the molecule is Cc1ccc(C)c(S(=O)(=O)Nc2ccc(C(=O)N3CCN(c4ccccn4)CC3)cc2)c1. The molecule has 7 nitrogen and oxygen atoms in total. The van der Waals surface area contributed by atoms with Gasteiger partial charge in [0, 0.05) is 43.6 Å². The van der Waals surface area contributed by atoms with E-state index in [1.165, 1.54) is 0 Å². The Labute approximate surface area is 188 Å². The van der Waals surface area contributed by atoms with Crippen molar-refractivity contribution in [1.29, 1.82) is 0 Å². The highest BCUT2D eigenvalue weighted by molar-refractivity contribution is 7.92. The van der Waals surface area contributed by atoms with E-state index in [9.17, 15) is 13.2 Å². The van der Waals surface area contributed by atoms with Gasteiger partial charge in [-0.2, -0.15) is 0 Å². The molecule has 0 bridgehead atoms. The van der Waals surface area contributed by atoms with Crippen LogP contribution < -0.4 is 9.62 Å². The molecule has 1 aromatic heterocycles. The maximum absolute atomic E-state index is 12.9. The highest BCUT2D eigenvalue weighted by Gasteiger charge is 2.23. The number of nitrogens with zero attached hydrogens (tertiary/aromatic N) is 3. The quantitative estimate of drug-likeness (QED) is 0.644. The third kappa shape index (κ3) is 4.75. The summed E-state index contributed by atoms with van der Waals surface area (Å²) in [4.78, 5) is 21.5. The number of hydrogen-bond donors (Lipinski definition) is 1. The van der Waals surface area contributed by atoms with Crippen molar-refractivity contribution in [3.05, 3.63) is 83.6 Å². The van der Waals surface area contributed by atoms with Crippen LogP contribution in [0.15, 0.2) is 71.8 Å². The van der Waals surface area contributed by atoms with Gasteiger partial charge in [0.05, 0.1) is 4.90 Å². The molecule has 0 spiro atoms. The van der Waals surface area contributed by atoms with Crippen molar-refractivity contribution in [3.8, 4) is 0 Å². The lowest BCUT2D eigenvalue weighted by molar-refractivity contribution is 0.0746. The van der Waals surface area contributed by atoms with Crippen molar-refractivity contribution in [2.75, 3.05) is 35.8 Å². The Kier molecular flexibility index (Phi) is 6.14. The minimum Gasteiger partial charge on any atom is -0.353 e. The first-order valence-corrected chi connectivity index (χ1v) is 12.0. The third-order valence-electron chi connectivity index (χ3n) is 5.56. The fourth-order valence-corrected chi connectivity index (χ4v) is 5.14. The Bertz CT molecular complexity index is 1200. The fraction of sp³-hybridized carbons (Fsp3) is 0.250. The second kappa shape index (κ2) is 9.00. The zero-order chi connectivity index (χ0) is 22.7. The third-order valence-corrected chi connectivity index (χ3v) is 7.08. The summed E-state index contributed by atoms with van der Waals surface area (Å²) in [7, 11) is -3.71. The van der Waals surface area contributed by atoms with E-state index in [-0.39, 0.29) is 10.8 Å². The van der Waals surface area contributed by atoms with Gasteiger partial charge in [0.15, 0.2) is 0 Å². The lowest BCUT2D eigenvalue weighted by Gasteiger charge is -2.35. The van der Waals surface area contributed by atoms with Crippen LogP contribution in [0.25, 0.3) is 0 Å². The molecule has 0 saturated carbocycles. The summed E-state index contributed by atoms with van der Waals surface area (Å²) in [6.45, 7) is 6.28. The number of aromatic nitrogens is 1. The van der Waals surface area contributed by atoms with Crippen molar-refractivity contribution in [1.82, 2.24) is 9.88 Å². The average Bonchev–Trinajstić information content (AvgIpc) is 2.81. The van der Waals surface area contributed by atoms with E-state index in [2.05, 4.69) is 14.6 Å². The molecule has 1 saturated heterocycles. The highest BCUT2D eigenvalue weighted by Crippen LogP contribution is 2.22. The fourth-order valence-electron chi connectivity index (χ4n) is 3.75. The first kappa shape index (κ1) is 21.8. The van der Waals surface area contributed by atoms with E-state index >= 15 is 0 Å². The zero-order valence-electron chi connectivity index (χ0n) is 18.2. The number of carbonyl (C=O) groups excluding carboxylic acids is 1. The number of amides is 1. The lowest BCUT2D eigenvalue weighted by Crippen LogP contribution is -2.49. The van der Waals surface area contributed by atoms with Gasteiger partial charge in [-0.15, -0.1) is 0 Å². The van der Waals surface area contributed by atoms with Gasteiger partial charge in [-0.1, -0.05) is 18.2 Å². The van der Waals surface area contributed by atoms with Crippen LogP contribution in [0.5, 0.6) is 0 Å². The van der Waals surface area contributed by atoms with Crippen molar-refractivity contribution < 1.29 is 13.2 Å². The molecule has 166 valence electrons. The van der Waals surface area contributed by atoms with Gasteiger partial charge in [0.2, 0.25) is 0 Å². The molecule has 1 aliphatic rings. The minimum absolute atomic E-state index is 0.0605. The minimum atomic E-state index is -3.71. The standard InChI is InChI=1S/C24H26N4O3S/c1-18-6-7-19(2)22(17-18)32(30,31)26-21-10-8-20(9-11-21)24(29)28-15-13-27(14-16-28)23-5-3-4-12-25-23/h3-12,17,26H,13-16H2,1-2H3. The average molecular weight is 451 g/mol. The largest absolute Gasteiger partial charge is 0.353 e. The molecule has 3 aromatic rings. The summed E-state index contributed by atoms with van der Waals surface area (Å²) >= 11 is 0. The summed E-state index contributed by atoms with van der Waals surface area (Å²) in [6, 6.07) is 17.7. The van der Waals surface area contributed by atoms with Gasteiger partial charge in [-0.25, -0.2) is 13.4 Å². The number of rotatable bonds is 5. The molecule has 2 aromatic carbocycles. The molecule has 2 heterocycles. The van der Waals surface area contributed by atoms with Crippen LogP contribution >= 0.6 is 0 Å². The molecule has 1 aliphatic heterocycles. The zero-order valence-corrected chi connectivity index (χ0v) is 19.0. The monoisotopic (exact) mass is 450 g/mol. The van der Waals surface area contributed by atoms with E-state index < -0.39 is 10.0 Å². The topological polar surface area (TPSA) is 82.6 Å². The number of aryl methyl sites for hydroxylation is 2. The van der Waals surface area contributed by atoms with Gasteiger partial charge >= 0.3 is 0 Å². The number of benzene rings is 2. The molecule has 0 unspecified atom stereocenters. The Morgan fingerprint density at radius 3 is 2.31 bits per heavy atom. The summed E-state index contributed by atoms with van der Waals surface area (Å²) < 4.78 is 28.2. The molecule has 32 heavy (non-hydrogen) atoms. The van der Waals surface area contributed by atoms with E-state index in [1.54, 1.807) is 49.5 Å². The van der Waals surface area contributed by atoms with E-state index in [0.29, 0.717) is 29.9 Å². The molecule has 1 fully saturated rings. The molecule has 0 atom stereocenters. The van der Waals surface area contributed by atoms with Gasteiger partial charge in [0.1, 0.15) is 5.82 Å². The number of hydrogen-bond acceptors (Lipinski definition) is 5. The smallest absolute Gasteiger partial charge is 0.262 e. The Morgan fingerprint density at radius 2 is 1.66 bits per heavy atom. The molecular formula is C24H26N4O3S. The number of piperazine rings is 1. The van der Waals surface area contributed by atoms with Gasteiger partial charge in [-0.3, -0.25) is 9.52 Å². The van der Waals surface area contributed by atoms with Crippen LogP contribution in [-0.2, 0) is 10.0 Å².